The summed E-state index contributed by atoms with van der Waals surface area (Å²) >= 11 is 6.10. The second-order valence-corrected chi connectivity index (χ2v) is 7.28. The lowest BCUT2D eigenvalue weighted by molar-refractivity contribution is 0.145. The van der Waals surface area contributed by atoms with E-state index >= 15 is 0 Å². The van der Waals surface area contributed by atoms with Crippen LogP contribution >= 0.6 is 11.6 Å². The average Bonchev–Trinajstić information content (AvgIpc) is 3.10. The Morgan fingerprint density at radius 3 is 2.62 bits per heavy atom. The van der Waals surface area contributed by atoms with Gasteiger partial charge in [-0.1, -0.05) is 24.3 Å². The number of rotatable bonds is 4. The standard InChI is InChI=1S/C21H17ClF2N6.CH4O/c1-3-26-17-10-14(22)6-5-13(17)9-15-12(2)27-20-16(11-25)18(19(23)24)28-30(20)21(15)29-7-4-8-29;1-2/h3,5-6,9-10,19H,1,4,7-8H2,2H3;2H,1H3/b13-9+,26-17?;. The first-order chi connectivity index (χ1) is 15.4. The van der Waals surface area contributed by atoms with Crippen LogP contribution in [0.2, 0.25) is 0 Å². The first kappa shape index (κ1) is 23.3. The maximum atomic E-state index is 13.5. The maximum Gasteiger partial charge on any atom is 0.283 e. The predicted molar refractivity (Wildman–Crippen MR) is 121 cm³/mol. The van der Waals surface area contributed by atoms with Gasteiger partial charge in [-0.3, -0.25) is 4.99 Å². The molecule has 1 aliphatic heterocycles. The summed E-state index contributed by atoms with van der Waals surface area (Å²) in [6, 6.07) is 1.84. The maximum absolute atomic E-state index is 13.5. The Labute approximate surface area is 189 Å². The fourth-order valence-electron chi connectivity index (χ4n) is 3.44. The van der Waals surface area contributed by atoms with Gasteiger partial charge in [0, 0.05) is 42.6 Å². The number of nitrogens with zero attached hydrogens (tertiary/aromatic N) is 6. The van der Waals surface area contributed by atoms with Crippen molar-refractivity contribution in [2.75, 3.05) is 25.1 Å². The average molecular weight is 459 g/mol. The minimum absolute atomic E-state index is 0.136. The third-order valence-electron chi connectivity index (χ3n) is 4.99. The van der Waals surface area contributed by atoms with Crippen molar-refractivity contribution in [1.29, 1.82) is 5.26 Å². The highest BCUT2D eigenvalue weighted by atomic mass is 35.5. The summed E-state index contributed by atoms with van der Waals surface area (Å²) < 4.78 is 28.3. The lowest BCUT2D eigenvalue weighted by Crippen LogP contribution is -2.39. The highest BCUT2D eigenvalue weighted by Crippen LogP contribution is 2.34. The first-order valence-electron chi connectivity index (χ1n) is 9.71. The Bertz CT molecular complexity index is 1220. The van der Waals surface area contributed by atoms with E-state index in [0.717, 1.165) is 37.8 Å². The number of aryl methyl sites for hydroxylation is 1. The van der Waals surface area contributed by atoms with Crippen LogP contribution in [0.3, 0.4) is 0 Å². The molecule has 0 amide bonds. The van der Waals surface area contributed by atoms with Crippen molar-refractivity contribution >= 4 is 34.9 Å². The fourth-order valence-corrected chi connectivity index (χ4v) is 3.60. The number of hydrogen-bond donors (Lipinski definition) is 1. The highest BCUT2D eigenvalue weighted by molar-refractivity contribution is 6.35. The third kappa shape index (κ3) is 4.20. The Balaban J connectivity index is 0.00000141. The molecule has 1 N–H and O–H groups in total. The number of aliphatic hydroxyl groups is 1. The molecule has 0 unspecified atom stereocenters. The van der Waals surface area contributed by atoms with Crippen molar-refractivity contribution in [2.24, 2.45) is 4.99 Å². The monoisotopic (exact) mass is 458 g/mol. The van der Waals surface area contributed by atoms with E-state index in [0.29, 0.717) is 22.3 Å². The molecule has 32 heavy (non-hydrogen) atoms. The molecule has 2 aromatic rings. The second-order valence-electron chi connectivity index (χ2n) is 6.84. The molecule has 0 saturated carbocycles. The molecule has 1 fully saturated rings. The summed E-state index contributed by atoms with van der Waals surface area (Å²) in [4.78, 5) is 10.8. The molecule has 0 spiro atoms. The summed E-state index contributed by atoms with van der Waals surface area (Å²) in [7, 11) is 1.00. The summed E-state index contributed by atoms with van der Waals surface area (Å²) in [6.07, 6.45) is 6.70. The zero-order chi connectivity index (χ0) is 23.4. The van der Waals surface area contributed by atoms with Crippen LogP contribution in [0, 0.1) is 18.3 Å². The quantitative estimate of drug-likeness (QED) is 0.736. The van der Waals surface area contributed by atoms with E-state index in [1.54, 1.807) is 19.1 Å². The molecule has 1 aliphatic carbocycles. The predicted octanol–water partition coefficient (Wildman–Crippen LogP) is 4.33. The third-order valence-corrected chi connectivity index (χ3v) is 5.22. The molecular weight excluding hydrogens is 438 g/mol. The molecule has 0 bridgehead atoms. The lowest BCUT2D eigenvalue weighted by Gasteiger charge is -2.34. The van der Waals surface area contributed by atoms with Crippen LogP contribution in [-0.4, -0.2) is 45.6 Å². The number of halogens is 3. The highest BCUT2D eigenvalue weighted by Gasteiger charge is 2.29. The summed E-state index contributed by atoms with van der Waals surface area (Å²) in [6.45, 7) is 6.94. The molecule has 3 heterocycles. The minimum atomic E-state index is -2.87. The molecule has 2 aromatic heterocycles. The molecule has 2 aliphatic rings. The van der Waals surface area contributed by atoms with Gasteiger partial charge >= 0.3 is 0 Å². The number of aliphatic imine (C=N–C) groups is 1. The topological polar surface area (TPSA) is 89.8 Å². The van der Waals surface area contributed by atoms with Crippen molar-refractivity contribution in [3.63, 3.8) is 0 Å². The van der Waals surface area contributed by atoms with Gasteiger partial charge < -0.3 is 10.0 Å². The number of aromatic nitrogens is 3. The SMILES string of the molecule is C=CN=C1C=C(Cl)C=C/C1=C\c1c(C)nc2c(C#N)c(C(F)F)nn2c1N1CCC1.CO. The van der Waals surface area contributed by atoms with Crippen LogP contribution in [-0.2, 0) is 0 Å². The normalized spacial score (nSPS) is 17.8. The van der Waals surface area contributed by atoms with Crippen LogP contribution in [0.25, 0.3) is 11.7 Å². The number of hydrogen-bond acceptors (Lipinski definition) is 6. The molecule has 4 rings (SSSR count). The van der Waals surface area contributed by atoms with Crippen LogP contribution in [0.1, 0.15) is 35.4 Å². The number of anilines is 1. The molecule has 166 valence electrons. The van der Waals surface area contributed by atoms with Gasteiger partial charge in [-0.25, -0.2) is 13.8 Å². The molecular formula is C22H21ClF2N6O. The van der Waals surface area contributed by atoms with Crippen molar-refractivity contribution < 1.29 is 13.9 Å². The molecule has 10 heteroatoms. The largest absolute Gasteiger partial charge is 0.400 e. The van der Waals surface area contributed by atoms with E-state index in [1.807, 2.05) is 23.1 Å². The van der Waals surface area contributed by atoms with Gasteiger partial charge in [0.05, 0.1) is 11.4 Å². The van der Waals surface area contributed by atoms with E-state index in [4.69, 9.17) is 16.7 Å². The van der Waals surface area contributed by atoms with Gasteiger partial charge in [-0.15, -0.1) is 0 Å². The number of allylic oxidation sites excluding steroid dienone is 5. The van der Waals surface area contributed by atoms with Crippen molar-refractivity contribution in [3.8, 4) is 6.07 Å². The van der Waals surface area contributed by atoms with Gasteiger partial charge in [0.1, 0.15) is 23.1 Å². The molecule has 0 atom stereocenters. The van der Waals surface area contributed by atoms with E-state index in [-0.39, 0.29) is 11.2 Å². The minimum Gasteiger partial charge on any atom is -0.400 e. The van der Waals surface area contributed by atoms with Gasteiger partial charge in [-0.2, -0.15) is 14.9 Å². The molecule has 0 radical (unpaired) electrons. The van der Waals surface area contributed by atoms with Gasteiger partial charge in [0.2, 0.25) is 0 Å². The summed E-state index contributed by atoms with van der Waals surface area (Å²) in [5.74, 6) is 0.631. The van der Waals surface area contributed by atoms with Gasteiger partial charge in [0.25, 0.3) is 6.43 Å². The van der Waals surface area contributed by atoms with Crippen LogP contribution in [0.4, 0.5) is 14.6 Å². The van der Waals surface area contributed by atoms with Crippen molar-refractivity contribution in [1.82, 2.24) is 14.6 Å². The molecule has 7 nitrogen and oxygen atoms in total. The van der Waals surface area contributed by atoms with Crippen LogP contribution < -0.4 is 4.90 Å². The second kappa shape index (κ2) is 9.85. The zero-order valence-electron chi connectivity index (χ0n) is 17.6. The lowest BCUT2D eigenvalue weighted by atomic mass is 10.0. The van der Waals surface area contributed by atoms with Crippen LogP contribution in [0.5, 0.6) is 0 Å². The number of nitriles is 1. The van der Waals surface area contributed by atoms with Crippen molar-refractivity contribution in [3.05, 3.63) is 64.1 Å². The van der Waals surface area contributed by atoms with E-state index < -0.39 is 12.1 Å². The van der Waals surface area contributed by atoms with Gasteiger partial charge in [0.15, 0.2) is 5.65 Å². The Morgan fingerprint density at radius 1 is 1.34 bits per heavy atom. The number of fused-ring (bicyclic) bond motifs is 1. The van der Waals surface area contributed by atoms with E-state index in [2.05, 4.69) is 21.7 Å². The van der Waals surface area contributed by atoms with Crippen molar-refractivity contribution in [2.45, 2.75) is 19.8 Å². The summed E-state index contributed by atoms with van der Waals surface area (Å²) in [5.41, 5.74) is 2.09. The van der Waals surface area contributed by atoms with Crippen LogP contribution in [0.15, 0.2) is 46.6 Å². The summed E-state index contributed by atoms with van der Waals surface area (Å²) in [5, 5.41) is 21.0. The van der Waals surface area contributed by atoms with E-state index in [9.17, 15) is 14.0 Å². The number of aliphatic hydroxyl groups excluding tert-OH is 1. The Morgan fingerprint density at radius 2 is 2.06 bits per heavy atom. The van der Waals surface area contributed by atoms with E-state index in [1.165, 1.54) is 10.7 Å². The van der Waals surface area contributed by atoms with Gasteiger partial charge in [-0.05, 0) is 31.6 Å². The number of alkyl halides is 2. The first-order valence-corrected chi connectivity index (χ1v) is 10.1. The Kier molecular flexibility index (Phi) is 7.18. The fraction of sp³-hybridized carbons (Fsp3) is 0.273. The zero-order valence-corrected chi connectivity index (χ0v) is 18.3. The molecule has 1 saturated heterocycles. The smallest absolute Gasteiger partial charge is 0.283 e. The Hall–Kier alpha value is -3.35. The molecule has 0 aromatic carbocycles.